The van der Waals surface area contributed by atoms with Crippen LogP contribution >= 0.6 is 0 Å². The molecule has 6 nitrogen and oxygen atoms in total. The Kier molecular flexibility index (Phi) is 4.91. The number of nitrogens with zero attached hydrogens (tertiary/aromatic N) is 4. The molecule has 2 aromatic rings. The summed E-state index contributed by atoms with van der Waals surface area (Å²) in [6.07, 6.45) is 4.96. The second-order valence-electron chi connectivity index (χ2n) is 2.63. The van der Waals surface area contributed by atoms with Crippen molar-refractivity contribution in [2.45, 2.75) is 20.8 Å². The maximum atomic E-state index is 4.10. The predicted octanol–water partition coefficient (Wildman–Crippen LogP) is 0.934. The number of H-pyrrole nitrogens is 1. The molecule has 0 amide bonds. The van der Waals surface area contributed by atoms with E-state index in [1.807, 2.05) is 20.8 Å². The molecule has 0 spiro atoms. The SMILES string of the molecule is CC.CCNc1nc[nH][n+]1-c1ncccn1. The van der Waals surface area contributed by atoms with Crippen molar-refractivity contribution in [1.82, 2.24) is 20.1 Å². The fraction of sp³-hybridized carbons (Fsp3) is 0.400. The number of aromatic amines is 1. The molecular formula is C10H17N6+. The monoisotopic (exact) mass is 221 g/mol. The Bertz CT molecular complexity index is 397. The Hall–Kier alpha value is -1.98. The summed E-state index contributed by atoms with van der Waals surface area (Å²) in [4.78, 5) is 12.3. The van der Waals surface area contributed by atoms with E-state index < -0.39 is 0 Å². The first-order valence-corrected chi connectivity index (χ1v) is 5.38. The van der Waals surface area contributed by atoms with E-state index in [-0.39, 0.29) is 0 Å². The first-order chi connectivity index (χ1) is 7.92. The molecule has 0 saturated carbocycles. The van der Waals surface area contributed by atoms with Crippen LogP contribution in [0.4, 0.5) is 5.95 Å². The van der Waals surface area contributed by atoms with E-state index in [4.69, 9.17) is 0 Å². The third kappa shape index (κ3) is 2.75. The van der Waals surface area contributed by atoms with Crippen molar-refractivity contribution in [3.63, 3.8) is 0 Å². The fourth-order valence-electron chi connectivity index (χ4n) is 1.11. The lowest BCUT2D eigenvalue weighted by Crippen LogP contribution is -2.38. The van der Waals surface area contributed by atoms with Crippen LogP contribution in [-0.2, 0) is 0 Å². The Labute approximate surface area is 94.8 Å². The summed E-state index contributed by atoms with van der Waals surface area (Å²) in [7, 11) is 0. The van der Waals surface area contributed by atoms with E-state index >= 15 is 0 Å². The lowest BCUT2D eigenvalue weighted by atomic mass is 10.7. The van der Waals surface area contributed by atoms with Crippen LogP contribution in [0.25, 0.3) is 5.95 Å². The number of rotatable bonds is 3. The highest BCUT2D eigenvalue weighted by atomic mass is 15.4. The Morgan fingerprint density at radius 1 is 1.25 bits per heavy atom. The molecule has 6 heteroatoms. The fourth-order valence-corrected chi connectivity index (χ4v) is 1.11. The lowest BCUT2D eigenvalue weighted by Gasteiger charge is -1.96. The van der Waals surface area contributed by atoms with Gasteiger partial charge in [0.25, 0.3) is 0 Å². The third-order valence-electron chi connectivity index (χ3n) is 1.67. The van der Waals surface area contributed by atoms with Gasteiger partial charge in [-0.2, -0.15) is 0 Å². The molecule has 0 fully saturated rings. The van der Waals surface area contributed by atoms with Gasteiger partial charge in [-0.3, -0.25) is 0 Å². The third-order valence-corrected chi connectivity index (χ3v) is 1.67. The molecule has 0 radical (unpaired) electrons. The Morgan fingerprint density at radius 2 is 1.94 bits per heavy atom. The number of aromatic nitrogens is 5. The average Bonchev–Trinajstić information content (AvgIpc) is 2.82. The van der Waals surface area contributed by atoms with Gasteiger partial charge >= 0.3 is 11.9 Å². The van der Waals surface area contributed by atoms with Crippen LogP contribution in [0.2, 0.25) is 0 Å². The normalized spacial score (nSPS) is 9.19. The summed E-state index contributed by atoms with van der Waals surface area (Å²) in [6.45, 7) is 6.81. The first-order valence-electron chi connectivity index (χ1n) is 5.38. The molecule has 2 aromatic heterocycles. The van der Waals surface area contributed by atoms with E-state index in [0.29, 0.717) is 11.9 Å². The smallest absolute Gasteiger partial charge is 0.305 e. The van der Waals surface area contributed by atoms with Crippen LogP contribution in [0.3, 0.4) is 0 Å². The van der Waals surface area contributed by atoms with Crippen LogP contribution in [-0.4, -0.2) is 26.6 Å². The van der Waals surface area contributed by atoms with E-state index in [0.717, 1.165) is 6.54 Å². The molecule has 86 valence electrons. The van der Waals surface area contributed by atoms with Gasteiger partial charge in [-0.15, -0.1) is 19.6 Å². The molecule has 0 aromatic carbocycles. The highest BCUT2D eigenvalue weighted by Crippen LogP contribution is 1.94. The first kappa shape index (κ1) is 12.1. The molecule has 0 aliphatic carbocycles. The molecule has 0 aliphatic heterocycles. The van der Waals surface area contributed by atoms with Crippen molar-refractivity contribution in [2.24, 2.45) is 0 Å². The van der Waals surface area contributed by atoms with Gasteiger partial charge in [0.1, 0.15) is 0 Å². The predicted molar refractivity (Wildman–Crippen MR) is 61.2 cm³/mol. The van der Waals surface area contributed by atoms with Gasteiger partial charge in [-0.1, -0.05) is 13.8 Å². The maximum absolute atomic E-state index is 4.10. The highest BCUT2D eigenvalue weighted by molar-refractivity contribution is 5.16. The zero-order valence-corrected chi connectivity index (χ0v) is 9.81. The number of hydrogen-bond acceptors (Lipinski definition) is 4. The van der Waals surface area contributed by atoms with Crippen LogP contribution in [0.5, 0.6) is 0 Å². The molecule has 0 bridgehead atoms. The van der Waals surface area contributed by atoms with Gasteiger partial charge in [-0.25, -0.2) is 5.10 Å². The zero-order chi connectivity index (χ0) is 11.8. The summed E-state index contributed by atoms with van der Waals surface area (Å²) >= 11 is 0. The summed E-state index contributed by atoms with van der Waals surface area (Å²) < 4.78 is 1.68. The van der Waals surface area contributed by atoms with Crippen molar-refractivity contribution in [2.75, 3.05) is 11.9 Å². The van der Waals surface area contributed by atoms with Gasteiger partial charge in [0.05, 0.1) is 12.4 Å². The second kappa shape index (κ2) is 6.49. The Morgan fingerprint density at radius 3 is 2.56 bits per heavy atom. The number of nitrogens with one attached hydrogen (secondary N) is 2. The minimum Gasteiger partial charge on any atom is -0.305 e. The summed E-state index contributed by atoms with van der Waals surface area (Å²) in [5.41, 5.74) is 0. The molecule has 0 atom stereocenters. The molecule has 2 heterocycles. The van der Waals surface area contributed by atoms with Crippen molar-refractivity contribution >= 4 is 5.95 Å². The van der Waals surface area contributed by atoms with Crippen LogP contribution < -0.4 is 10.00 Å². The summed E-state index contributed by atoms with van der Waals surface area (Å²) in [5, 5.41) is 6.02. The molecule has 0 saturated heterocycles. The van der Waals surface area contributed by atoms with Gasteiger partial charge in [0.2, 0.25) is 0 Å². The minimum atomic E-state index is 0.570. The minimum absolute atomic E-state index is 0.570. The van der Waals surface area contributed by atoms with Crippen LogP contribution in [0.15, 0.2) is 24.8 Å². The van der Waals surface area contributed by atoms with Crippen molar-refractivity contribution in [3.8, 4) is 5.95 Å². The van der Waals surface area contributed by atoms with Gasteiger partial charge in [-0.05, 0) is 13.0 Å². The van der Waals surface area contributed by atoms with Crippen molar-refractivity contribution in [3.05, 3.63) is 24.8 Å². The van der Waals surface area contributed by atoms with Crippen LogP contribution in [0, 0.1) is 0 Å². The topological polar surface area (TPSA) is 70.4 Å². The number of hydrogen-bond donors (Lipinski definition) is 2. The Balaban J connectivity index is 0.000000606. The van der Waals surface area contributed by atoms with E-state index in [1.54, 1.807) is 29.5 Å². The van der Waals surface area contributed by atoms with E-state index in [2.05, 4.69) is 25.4 Å². The van der Waals surface area contributed by atoms with E-state index in [9.17, 15) is 0 Å². The van der Waals surface area contributed by atoms with Gasteiger partial charge in [0, 0.05) is 6.54 Å². The summed E-state index contributed by atoms with van der Waals surface area (Å²) in [6, 6.07) is 1.77. The highest BCUT2D eigenvalue weighted by Gasteiger charge is 2.13. The molecular weight excluding hydrogens is 204 g/mol. The maximum Gasteiger partial charge on any atom is 0.377 e. The standard InChI is InChI=1S/C8H10N6.C2H6/c1-2-9-7-12-6-13-14(7)8-10-4-3-5-11-8;1-2/h3-6H,2H2,1H3,(H,9,12,13);1-2H3/p+1. The quantitative estimate of drug-likeness (QED) is 0.757. The summed E-state index contributed by atoms with van der Waals surface area (Å²) in [5.74, 6) is 1.28. The molecule has 2 rings (SSSR count). The largest absolute Gasteiger partial charge is 0.377 e. The number of anilines is 1. The van der Waals surface area contributed by atoms with E-state index in [1.165, 1.54) is 0 Å². The lowest BCUT2D eigenvalue weighted by molar-refractivity contribution is -0.649. The van der Waals surface area contributed by atoms with Gasteiger partial charge in [0.15, 0.2) is 6.33 Å². The molecule has 16 heavy (non-hydrogen) atoms. The van der Waals surface area contributed by atoms with Gasteiger partial charge < -0.3 is 5.32 Å². The molecule has 0 aliphatic rings. The molecule has 0 unspecified atom stereocenters. The van der Waals surface area contributed by atoms with Crippen molar-refractivity contribution in [1.29, 1.82) is 0 Å². The van der Waals surface area contributed by atoms with Crippen LogP contribution in [0.1, 0.15) is 20.8 Å². The average molecular weight is 221 g/mol. The van der Waals surface area contributed by atoms with Crippen molar-refractivity contribution < 1.29 is 4.68 Å². The zero-order valence-electron chi connectivity index (χ0n) is 9.81. The molecule has 2 N–H and O–H groups in total. The second-order valence-corrected chi connectivity index (χ2v) is 2.63.